The summed E-state index contributed by atoms with van der Waals surface area (Å²) in [5.41, 5.74) is 2.04. The van der Waals surface area contributed by atoms with E-state index in [0.717, 1.165) is 5.56 Å². The van der Waals surface area contributed by atoms with Crippen LogP contribution in [0.5, 0.6) is 5.75 Å². The standard InChI is InChI=1S/C17H21NO2/c1-3-20-16-10-15(11-18-12-16)17(19)9-13(2)14-7-5-4-6-8-14/h4-8,10-13,17,19H,3,9H2,1-2H3. The van der Waals surface area contributed by atoms with Crippen LogP contribution in [0, 0.1) is 0 Å². The topological polar surface area (TPSA) is 42.4 Å². The van der Waals surface area contributed by atoms with Crippen LogP contribution in [0.3, 0.4) is 0 Å². The molecule has 0 bridgehead atoms. The van der Waals surface area contributed by atoms with Gasteiger partial charge in [-0.25, -0.2) is 0 Å². The number of aromatic nitrogens is 1. The van der Waals surface area contributed by atoms with Crippen molar-refractivity contribution in [2.24, 2.45) is 0 Å². The van der Waals surface area contributed by atoms with Crippen molar-refractivity contribution >= 4 is 0 Å². The zero-order valence-corrected chi connectivity index (χ0v) is 12.0. The summed E-state index contributed by atoms with van der Waals surface area (Å²) in [4.78, 5) is 4.12. The van der Waals surface area contributed by atoms with Crippen molar-refractivity contribution in [3.63, 3.8) is 0 Å². The molecule has 2 aromatic rings. The van der Waals surface area contributed by atoms with Crippen molar-refractivity contribution in [1.29, 1.82) is 0 Å². The number of pyridine rings is 1. The minimum atomic E-state index is -0.530. The average molecular weight is 271 g/mol. The number of aliphatic hydroxyl groups excluding tert-OH is 1. The van der Waals surface area contributed by atoms with E-state index in [1.807, 2.05) is 31.2 Å². The Morgan fingerprint density at radius 1 is 1.15 bits per heavy atom. The highest BCUT2D eigenvalue weighted by Crippen LogP contribution is 2.28. The molecule has 0 amide bonds. The first-order valence-electron chi connectivity index (χ1n) is 7.01. The zero-order chi connectivity index (χ0) is 14.4. The van der Waals surface area contributed by atoms with Crippen LogP contribution in [-0.2, 0) is 0 Å². The number of nitrogens with zero attached hydrogens (tertiary/aromatic N) is 1. The summed E-state index contributed by atoms with van der Waals surface area (Å²) in [7, 11) is 0. The van der Waals surface area contributed by atoms with Crippen molar-refractivity contribution in [2.45, 2.75) is 32.3 Å². The lowest BCUT2D eigenvalue weighted by Crippen LogP contribution is -2.04. The summed E-state index contributed by atoms with van der Waals surface area (Å²) in [6, 6.07) is 12.1. The number of benzene rings is 1. The van der Waals surface area contributed by atoms with Gasteiger partial charge in [0.1, 0.15) is 5.75 Å². The maximum Gasteiger partial charge on any atom is 0.137 e. The Morgan fingerprint density at radius 2 is 1.90 bits per heavy atom. The van der Waals surface area contributed by atoms with Crippen molar-refractivity contribution in [3.8, 4) is 5.75 Å². The van der Waals surface area contributed by atoms with E-state index in [2.05, 4.69) is 24.0 Å². The largest absolute Gasteiger partial charge is 0.492 e. The van der Waals surface area contributed by atoms with Crippen LogP contribution in [0.4, 0.5) is 0 Å². The van der Waals surface area contributed by atoms with Gasteiger partial charge in [0, 0.05) is 11.8 Å². The number of aliphatic hydroxyl groups is 1. The molecule has 0 saturated carbocycles. The lowest BCUT2D eigenvalue weighted by atomic mass is 9.93. The van der Waals surface area contributed by atoms with Crippen molar-refractivity contribution < 1.29 is 9.84 Å². The maximum absolute atomic E-state index is 10.3. The van der Waals surface area contributed by atoms with E-state index in [9.17, 15) is 5.11 Å². The Kier molecular flexibility index (Phi) is 5.13. The molecule has 1 aromatic carbocycles. The van der Waals surface area contributed by atoms with Gasteiger partial charge >= 0.3 is 0 Å². The zero-order valence-electron chi connectivity index (χ0n) is 12.0. The van der Waals surface area contributed by atoms with Crippen molar-refractivity contribution in [1.82, 2.24) is 4.98 Å². The van der Waals surface area contributed by atoms with Gasteiger partial charge in [0.15, 0.2) is 0 Å². The molecule has 0 radical (unpaired) electrons. The van der Waals surface area contributed by atoms with Crippen LogP contribution in [0.2, 0.25) is 0 Å². The van der Waals surface area contributed by atoms with E-state index in [1.54, 1.807) is 12.4 Å². The molecule has 3 nitrogen and oxygen atoms in total. The molecular formula is C17H21NO2. The summed E-state index contributed by atoms with van der Waals surface area (Å²) in [6.07, 6.45) is 3.50. The van der Waals surface area contributed by atoms with E-state index >= 15 is 0 Å². The number of hydrogen-bond acceptors (Lipinski definition) is 3. The number of rotatable bonds is 6. The second-order valence-corrected chi connectivity index (χ2v) is 4.95. The van der Waals surface area contributed by atoms with Crippen LogP contribution in [0.1, 0.15) is 43.4 Å². The molecule has 0 aliphatic carbocycles. The minimum Gasteiger partial charge on any atom is -0.492 e. The molecule has 0 spiro atoms. The van der Waals surface area contributed by atoms with Gasteiger partial charge in [-0.1, -0.05) is 37.3 Å². The fraction of sp³-hybridized carbons (Fsp3) is 0.353. The Morgan fingerprint density at radius 3 is 2.60 bits per heavy atom. The Balaban J connectivity index is 2.04. The lowest BCUT2D eigenvalue weighted by molar-refractivity contribution is 0.158. The van der Waals surface area contributed by atoms with Gasteiger partial charge < -0.3 is 9.84 Å². The van der Waals surface area contributed by atoms with Gasteiger partial charge in [-0.3, -0.25) is 4.98 Å². The predicted octanol–water partition coefficient (Wildman–Crippen LogP) is 3.71. The summed E-state index contributed by atoms with van der Waals surface area (Å²) in [5, 5.41) is 10.3. The first-order valence-corrected chi connectivity index (χ1v) is 7.01. The molecule has 0 fully saturated rings. The van der Waals surface area contributed by atoms with Gasteiger partial charge in [0.25, 0.3) is 0 Å². The Labute approximate surface area is 120 Å². The summed E-state index contributed by atoms with van der Waals surface area (Å²) >= 11 is 0. The van der Waals surface area contributed by atoms with E-state index < -0.39 is 6.10 Å². The molecule has 0 saturated heterocycles. The average Bonchev–Trinajstić information content (AvgIpc) is 2.48. The van der Waals surface area contributed by atoms with E-state index in [0.29, 0.717) is 24.7 Å². The molecule has 20 heavy (non-hydrogen) atoms. The highest BCUT2D eigenvalue weighted by molar-refractivity contribution is 5.26. The molecule has 2 atom stereocenters. The van der Waals surface area contributed by atoms with Crippen molar-refractivity contribution in [2.75, 3.05) is 6.61 Å². The monoisotopic (exact) mass is 271 g/mol. The first-order chi connectivity index (χ1) is 9.70. The third kappa shape index (κ3) is 3.81. The summed E-state index contributed by atoms with van der Waals surface area (Å²) < 4.78 is 5.41. The molecule has 2 rings (SSSR count). The van der Waals surface area contributed by atoms with E-state index in [1.165, 1.54) is 5.56 Å². The Bertz CT molecular complexity index is 528. The van der Waals surface area contributed by atoms with Crippen LogP contribution in [0.15, 0.2) is 48.8 Å². The summed E-state index contributed by atoms with van der Waals surface area (Å²) in [5.74, 6) is 0.998. The van der Waals surface area contributed by atoms with Crippen LogP contribution >= 0.6 is 0 Å². The number of hydrogen-bond donors (Lipinski definition) is 1. The molecule has 1 aromatic heterocycles. The van der Waals surface area contributed by atoms with E-state index in [-0.39, 0.29) is 0 Å². The lowest BCUT2D eigenvalue weighted by Gasteiger charge is -2.17. The fourth-order valence-corrected chi connectivity index (χ4v) is 2.25. The second-order valence-electron chi connectivity index (χ2n) is 4.95. The molecular weight excluding hydrogens is 250 g/mol. The minimum absolute atomic E-state index is 0.293. The van der Waals surface area contributed by atoms with Crippen LogP contribution < -0.4 is 4.74 Å². The third-order valence-electron chi connectivity index (χ3n) is 3.38. The van der Waals surface area contributed by atoms with Gasteiger partial charge in [-0.15, -0.1) is 0 Å². The van der Waals surface area contributed by atoms with Crippen LogP contribution in [0.25, 0.3) is 0 Å². The SMILES string of the molecule is CCOc1cncc(C(O)CC(C)c2ccccc2)c1. The highest BCUT2D eigenvalue weighted by atomic mass is 16.5. The van der Waals surface area contributed by atoms with Crippen molar-refractivity contribution in [3.05, 3.63) is 59.9 Å². The molecule has 0 aliphatic rings. The van der Waals surface area contributed by atoms with Gasteiger partial charge in [0.2, 0.25) is 0 Å². The molecule has 1 heterocycles. The fourth-order valence-electron chi connectivity index (χ4n) is 2.25. The van der Waals surface area contributed by atoms with Crippen LogP contribution in [-0.4, -0.2) is 16.7 Å². The highest BCUT2D eigenvalue weighted by Gasteiger charge is 2.14. The second kappa shape index (κ2) is 7.06. The van der Waals surface area contributed by atoms with Gasteiger partial charge in [0.05, 0.1) is 18.9 Å². The van der Waals surface area contributed by atoms with Gasteiger partial charge in [-0.05, 0) is 30.9 Å². The molecule has 1 N–H and O–H groups in total. The van der Waals surface area contributed by atoms with E-state index in [4.69, 9.17) is 4.74 Å². The molecule has 3 heteroatoms. The Hall–Kier alpha value is -1.87. The quantitative estimate of drug-likeness (QED) is 0.871. The smallest absolute Gasteiger partial charge is 0.137 e. The third-order valence-corrected chi connectivity index (χ3v) is 3.38. The predicted molar refractivity (Wildman–Crippen MR) is 79.8 cm³/mol. The maximum atomic E-state index is 10.3. The van der Waals surface area contributed by atoms with Gasteiger partial charge in [-0.2, -0.15) is 0 Å². The molecule has 2 unspecified atom stereocenters. The molecule has 0 aliphatic heterocycles. The normalized spacial score (nSPS) is 13.8. The summed E-state index contributed by atoms with van der Waals surface area (Å²) in [6.45, 7) is 4.65. The molecule has 106 valence electrons. The first kappa shape index (κ1) is 14.5. The number of ether oxygens (including phenoxy) is 1.